The summed E-state index contributed by atoms with van der Waals surface area (Å²) in [7, 11) is -3.60. The van der Waals surface area contributed by atoms with Crippen molar-refractivity contribution in [3.8, 4) is 10.6 Å². The van der Waals surface area contributed by atoms with E-state index in [4.69, 9.17) is 11.6 Å². The molecule has 3 heterocycles. The minimum atomic E-state index is -3.60. The van der Waals surface area contributed by atoms with Gasteiger partial charge in [-0.3, -0.25) is 4.98 Å². The predicted molar refractivity (Wildman–Crippen MR) is 93.5 cm³/mol. The lowest BCUT2D eigenvalue weighted by molar-refractivity contribution is 0.581. The number of hydrogen-bond acceptors (Lipinski definition) is 6. The van der Waals surface area contributed by atoms with Crippen LogP contribution in [0.25, 0.3) is 10.6 Å². The number of aromatic nitrogens is 3. The van der Waals surface area contributed by atoms with E-state index in [1.165, 1.54) is 29.7 Å². The van der Waals surface area contributed by atoms with Crippen LogP contribution >= 0.6 is 22.9 Å². The fourth-order valence-electron chi connectivity index (χ4n) is 1.97. The maximum atomic E-state index is 12.1. The second kappa shape index (κ2) is 7.35. The van der Waals surface area contributed by atoms with Crippen LogP contribution in [0.2, 0.25) is 5.15 Å². The SMILES string of the molecule is O=S(=O)(NCCc1csc(-c2ccncc2)n1)c1ccc(Cl)nc1. The van der Waals surface area contributed by atoms with Gasteiger partial charge in [0.05, 0.1) is 5.69 Å². The van der Waals surface area contributed by atoms with Gasteiger partial charge < -0.3 is 0 Å². The highest BCUT2D eigenvalue weighted by Gasteiger charge is 2.14. The van der Waals surface area contributed by atoms with Crippen LogP contribution in [0.15, 0.2) is 53.1 Å². The minimum absolute atomic E-state index is 0.0858. The summed E-state index contributed by atoms with van der Waals surface area (Å²) in [6.07, 6.45) is 5.16. The molecule has 3 rings (SSSR count). The Kier molecular flexibility index (Phi) is 5.20. The number of rotatable bonds is 6. The summed E-state index contributed by atoms with van der Waals surface area (Å²) in [6, 6.07) is 6.64. The van der Waals surface area contributed by atoms with Crippen molar-refractivity contribution in [2.24, 2.45) is 0 Å². The van der Waals surface area contributed by atoms with E-state index in [1.54, 1.807) is 12.4 Å². The van der Waals surface area contributed by atoms with Crippen LogP contribution in [0.4, 0.5) is 0 Å². The summed E-state index contributed by atoms with van der Waals surface area (Å²) in [4.78, 5) is 12.4. The van der Waals surface area contributed by atoms with Gasteiger partial charge in [0.1, 0.15) is 15.1 Å². The van der Waals surface area contributed by atoms with Crippen molar-refractivity contribution < 1.29 is 8.42 Å². The Morgan fingerprint density at radius 2 is 1.96 bits per heavy atom. The number of pyridine rings is 2. The Balaban J connectivity index is 1.60. The number of halogens is 1. The van der Waals surface area contributed by atoms with Crippen molar-refractivity contribution in [1.29, 1.82) is 0 Å². The fraction of sp³-hybridized carbons (Fsp3) is 0.133. The van der Waals surface area contributed by atoms with E-state index in [-0.39, 0.29) is 16.6 Å². The smallest absolute Gasteiger partial charge is 0.242 e. The second-order valence-electron chi connectivity index (χ2n) is 4.84. The molecule has 3 aromatic heterocycles. The molecule has 24 heavy (non-hydrogen) atoms. The normalized spacial score (nSPS) is 11.5. The van der Waals surface area contributed by atoms with Crippen molar-refractivity contribution in [2.45, 2.75) is 11.3 Å². The van der Waals surface area contributed by atoms with Crippen LogP contribution in [-0.4, -0.2) is 29.9 Å². The zero-order valence-corrected chi connectivity index (χ0v) is 14.8. The highest BCUT2D eigenvalue weighted by Crippen LogP contribution is 2.23. The Morgan fingerprint density at radius 1 is 1.17 bits per heavy atom. The summed E-state index contributed by atoms with van der Waals surface area (Å²) in [6.45, 7) is 0.254. The van der Waals surface area contributed by atoms with Crippen LogP contribution in [0.5, 0.6) is 0 Å². The lowest BCUT2D eigenvalue weighted by atomic mass is 10.3. The summed E-state index contributed by atoms with van der Waals surface area (Å²) >= 11 is 7.18. The standard InChI is InChI=1S/C15H13ClN4O2S2/c16-14-2-1-13(9-18-14)24(21,22)19-8-5-12-10-23-15(20-12)11-3-6-17-7-4-11/h1-4,6-7,9-10,19H,5,8H2. The van der Waals surface area contributed by atoms with Gasteiger partial charge in [-0.2, -0.15) is 0 Å². The van der Waals surface area contributed by atoms with Crippen molar-refractivity contribution >= 4 is 33.0 Å². The molecule has 3 aromatic rings. The van der Waals surface area contributed by atoms with Crippen molar-refractivity contribution in [1.82, 2.24) is 19.7 Å². The number of nitrogens with one attached hydrogen (secondary N) is 1. The summed E-state index contributed by atoms with van der Waals surface area (Å²) in [5.41, 5.74) is 1.83. The van der Waals surface area contributed by atoms with E-state index in [9.17, 15) is 8.42 Å². The molecular weight excluding hydrogens is 368 g/mol. The molecule has 0 spiro atoms. The van der Waals surface area contributed by atoms with Gasteiger partial charge in [0.25, 0.3) is 0 Å². The van der Waals surface area contributed by atoms with Crippen LogP contribution in [0, 0.1) is 0 Å². The molecular formula is C15H13ClN4O2S2. The van der Waals surface area contributed by atoms with Gasteiger partial charge in [-0.15, -0.1) is 11.3 Å². The van der Waals surface area contributed by atoms with Gasteiger partial charge in [0, 0.05) is 42.5 Å². The Labute approximate surface area is 148 Å². The van der Waals surface area contributed by atoms with E-state index in [0.717, 1.165) is 16.3 Å². The summed E-state index contributed by atoms with van der Waals surface area (Å²) < 4.78 is 26.8. The summed E-state index contributed by atoms with van der Waals surface area (Å²) in [5.74, 6) is 0. The third-order valence-electron chi connectivity index (χ3n) is 3.16. The van der Waals surface area contributed by atoms with Gasteiger partial charge >= 0.3 is 0 Å². The molecule has 9 heteroatoms. The number of sulfonamides is 1. The Hall–Kier alpha value is -1.87. The molecule has 0 amide bonds. The van der Waals surface area contributed by atoms with E-state index >= 15 is 0 Å². The minimum Gasteiger partial charge on any atom is -0.265 e. The van der Waals surface area contributed by atoms with Gasteiger partial charge in [-0.1, -0.05) is 11.6 Å². The summed E-state index contributed by atoms with van der Waals surface area (Å²) in [5, 5.41) is 3.06. The zero-order chi connectivity index (χ0) is 17.0. The molecule has 0 radical (unpaired) electrons. The average Bonchev–Trinajstić information content (AvgIpc) is 3.05. The Morgan fingerprint density at radius 3 is 2.67 bits per heavy atom. The largest absolute Gasteiger partial charge is 0.265 e. The first kappa shape index (κ1) is 17.0. The lowest BCUT2D eigenvalue weighted by Crippen LogP contribution is -2.26. The maximum Gasteiger partial charge on any atom is 0.242 e. The van der Waals surface area contributed by atoms with Crippen LogP contribution in [-0.2, 0) is 16.4 Å². The van der Waals surface area contributed by atoms with Gasteiger partial charge in [-0.05, 0) is 24.3 Å². The van der Waals surface area contributed by atoms with E-state index < -0.39 is 10.0 Å². The fourth-order valence-corrected chi connectivity index (χ4v) is 3.92. The second-order valence-corrected chi connectivity index (χ2v) is 7.86. The molecule has 0 aliphatic heterocycles. The monoisotopic (exact) mass is 380 g/mol. The number of thiazole rings is 1. The molecule has 0 unspecified atom stereocenters. The van der Waals surface area contributed by atoms with Gasteiger partial charge in [0.15, 0.2) is 0 Å². The molecule has 0 atom stereocenters. The molecule has 124 valence electrons. The lowest BCUT2D eigenvalue weighted by Gasteiger charge is -2.05. The Bertz CT molecular complexity index is 912. The van der Waals surface area contributed by atoms with E-state index in [0.29, 0.717) is 6.42 Å². The van der Waals surface area contributed by atoms with Gasteiger partial charge in [-0.25, -0.2) is 23.1 Å². The number of nitrogens with zero attached hydrogens (tertiary/aromatic N) is 3. The third-order valence-corrected chi connectivity index (χ3v) is 5.77. The molecule has 0 aromatic carbocycles. The quantitative estimate of drug-likeness (QED) is 0.664. The molecule has 0 saturated heterocycles. The van der Waals surface area contributed by atoms with Crippen molar-refractivity contribution in [2.75, 3.05) is 6.54 Å². The molecule has 6 nitrogen and oxygen atoms in total. The van der Waals surface area contributed by atoms with Crippen LogP contribution < -0.4 is 4.72 Å². The molecule has 0 aliphatic carbocycles. The molecule has 0 saturated carbocycles. The third kappa shape index (κ3) is 4.15. The molecule has 0 fully saturated rings. The highest BCUT2D eigenvalue weighted by molar-refractivity contribution is 7.89. The highest BCUT2D eigenvalue weighted by atomic mass is 35.5. The zero-order valence-electron chi connectivity index (χ0n) is 12.4. The first-order valence-corrected chi connectivity index (χ1v) is 9.75. The van der Waals surface area contributed by atoms with Gasteiger partial charge in [0.2, 0.25) is 10.0 Å². The van der Waals surface area contributed by atoms with Crippen LogP contribution in [0.1, 0.15) is 5.69 Å². The van der Waals surface area contributed by atoms with Crippen molar-refractivity contribution in [3.05, 3.63) is 59.1 Å². The average molecular weight is 381 g/mol. The maximum absolute atomic E-state index is 12.1. The first-order valence-electron chi connectivity index (χ1n) is 7.00. The predicted octanol–water partition coefficient (Wildman–Crippen LogP) is 2.77. The molecule has 0 aliphatic rings. The van der Waals surface area contributed by atoms with Crippen LogP contribution in [0.3, 0.4) is 0 Å². The number of hydrogen-bond donors (Lipinski definition) is 1. The molecule has 1 N–H and O–H groups in total. The molecule has 0 bridgehead atoms. The van der Waals surface area contributed by atoms with E-state index in [1.807, 2.05) is 17.5 Å². The van der Waals surface area contributed by atoms with E-state index in [2.05, 4.69) is 19.7 Å². The first-order chi connectivity index (χ1) is 11.5. The topological polar surface area (TPSA) is 84.8 Å². The van der Waals surface area contributed by atoms with Crippen molar-refractivity contribution in [3.63, 3.8) is 0 Å².